The van der Waals surface area contributed by atoms with Gasteiger partial charge in [0, 0.05) is 18.6 Å². The highest BCUT2D eigenvalue weighted by atomic mass is 16.5. The van der Waals surface area contributed by atoms with Crippen LogP contribution in [0.2, 0.25) is 0 Å². The van der Waals surface area contributed by atoms with Crippen LogP contribution in [-0.2, 0) is 9.53 Å². The Morgan fingerprint density at radius 3 is 2.63 bits per heavy atom. The highest BCUT2D eigenvalue weighted by Crippen LogP contribution is 2.47. The average Bonchev–Trinajstić information content (AvgIpc) is 2.65. The van der Waals surface area contributed by atoms with Crippen LogP contribution in [0.25, 0.3) is 0 Å². The molecule has 4 heteroatoms. The molecule has 110 valence electrons. The van der Waals surface area contributed by atoms with Gasteiger partial charge in [-0.1, -0.05) is 34.1 Å². The molecule has 0 spiro atoms. The maximum atomic E-state index is 12.7. The Hall–Kier alpha value is -0.610. The summed E-state index contributed by atoms with van der Waals surface area (Å²) in [6.45, 7) is 10.8. The summed E-state index contributed by atoms with van der Waals surface area (Å²) in [6.07, 6.45) is 2.38. The molecule has 2 rings (SSSR count). The predicted molar refractivity (Wildman–Crippen MR) is 75.7 cm³/mol. The lowest BCUT2D eigenvalue weighted by atomic mass is 9.63. The lowest BCUT2D eigenvalue weighted by Gasteiger charge is -2.55. The first-order chi connectivity index (χ1) is 8.84. The number of rotatable bonds is 4. The summed E-state index contributed by atoms with van der Waals surface area (Å²) in [5, 5.41) is 3.46. The topological polar surface area (TPSA) is 41.6 Å². The zero-order valence-electron chi connectivity index (χ0n) is 13.1. The molecule has 19 heavy (non-hydrogen) atoms. The number of ether oxygens (including phenoxy) is 1. The van der Waals surface area contributed by atoms with Gasteiger partial charge in [0.2, 0.25) is 5.91 Å². The summed E-state index contributed by atoms with van der Waals surface area (Å²) in [6, 6.07) is 0.277. The van der Waals surface area contributed by atoms with Gasteiger partial charge >= 0.3 is 0 Å². The third kappa shape index (κ3) is 2.19. The summed E-state index contributed by atoms with van der Waals surface area (Å²) in [5.41, 5.74) is 0.0463. The molecule has 2 aliphatic rings. The molecule has 1 saturated carbocycles. The highest BCUT2D eigenvalue weighted by Gasteiger charge is 2.56. The minimum absolute atomic E-state index is 0.0163. The zero-order chi connectivity index (χ0) is 14.4. The normalized spacial score (nSPS) is 39.3. The van der Waals surface area contributed by atoms with Crippen LogP contribution in [0.15, 0.2) is 0 Å². The second kappa shape index (κ2) is 5.06. The summed E-state index contributed by atoms with van der Waals surface area (Å²) >= 11 is 0. The van der Waals surface area contributed by atoms with E-state index in [9.17, 15) is 4.79 Å². The van der Waals surface area contributed by atoms with Crippen molar-refractivity contribution in [3.8, 4) is 0 Å². The van der Waals surface area contributed by atoms with E-state index in [1.807, 2.05) is 0 Å². The first kappa shape index (κ1) is 14.8. The van der Waals surface area contributed by atoms with Crippen molar-refractivity contribution >= 4 is 5.91 Å². The second-order valence-electron chi connectivity index (χ2n) is 6.75. The maximum absolute atomic E-state index is 12.7. The number of amides is 1. The van der Waals surface area contributed by atoms with Gasteiger partial charge in [-0.3, -0.25) is 10.1 Å². The molecule has 0 aromatic heterocycles. The SMILES string of the molecule is CCC(C)C1NC(C)N(C2CC(OC)C2(C)C)C1=O. The lowest BCUT2D eigenvalue weighted by Crippen LogP contribution is -2.64. The van der Waals surface area contributed by atoms with Crippen LogP contribution in [-0.4, -0.2) is 42.3 Å². The standard InChI is InChI=1S/C15H28N2O2/c1-7-9(2)13-14(18)17(10(3)16-13)11-8-12(19-6)15(11,4)5/h9-13,16H,7-8H2,1-6H3. The molecule has 1 amide bonds. The van der Waals surface area contributed by atoms with Crippen molar-refractivity contribution in [3.05, 3.63) is 0 Å². The Morgan fingerprint density at radius 1 is 1.53 bits per heavy atom. The van der Waals surface area contributed by atoms with Crippen molar-refractivity contribution in [1.82, 2.24) is 10.2 Å². The van der Waals surface area contributed by atoms with Gasteiger partial charge in [-0.2, -0.15) is 0 Å². The molecule has 1 aliphatic heterocycles. The molecule has 2 fully saturated rings. The minimum atomic E-state index is -0.0163. The Morgan fingerprint density at radius 2 is 2.16 bits per heavy atom. The molecule has 1 saturated heterocycles. The predicted octanol–water partition coefficient (Wildman–Crippen LogP) is 1.99. The van der Waals surface area contributed by atoms with Crippen LogP contribution in [0.4, 0.5) is 0 Å². The first-order valence-electron chi connectivity index (χ1n) is 7.45. The van der Waals surface area contributed by atoms with E-state index in [-0.39, 0.29) is 29.6 Å². The molecule has 1 heterocycles. The number of hydrogen-bond donors (Lipinski definition) is 1. The fraction of sp³-hybridized carbons (Fsp3) is 0.933. The molecule has 0 aromatic rings. The molecule has 0 bridgehead atoms. The average molecular weight is 268 g/mol. The fourth-order valence-corrected chi connectivity index (χ4v) is 3.57. The third-order valence-corrected chi connectivity index (χ3v) is 5.32. The molecule has 4 nitrogen and oxygen atoms in total. The van der Waals surface area contributed by atoms with Gasteiger partial charge < -0.3 is 9.64 Å². The van der Waals surface area contributed by atoms with Gasteiger partial charge in [-0.25, -0.2) is 0 Å². The van der Waals surface area contributed by atoms with E-state index >= 15 is 0 Å². The van der Waals surface area contributed by atoms with E-state index in [2.05, 4.69) is 44.8 Å². The summed E-state index contributed by atoms with van der Waals surface area (Å²) in [5.74, 6) is 0.663. The number of methoxy groups -OCH3 is 1. The van der Waals surface area contributed by atoms with Crippen LogP contribution in [0.3, 0.4) is 0 Å². The quantitative estimate of drug-likeness (QED) is 0.848. The maximum Gasteiger partial charge on any atom is 0.241 e. The number of nitrogens with zero attached hydrogens (tertiary/aromatic N) is 1. The number of carbonyl (C=O) groups excluding carboxylic acids is 1. The monoisotopic (exact) mass is 268 g/mol. The van der Waals surface area contributed by atoms with Crippen LogP contribution in [0.5, 0.6) is 0 Å². The molecule has 5 unspecified atom stereocenters. The van der Waals surface area contributed by atoms with Crippen molar-refractivity contribution in [2.24, 2.45) is 11.3 Å². The van der Waals surface area contributed by atoms with Gasteiger partial charge in [-0.05, 0) is 19.3 Å². The van der Waals surface area contributed by atoms with Crippen LogP contribution < -0.4 is 5.32 Å². The molecule has 1 N–H and O–H groups in total. The van der Waals surface area contributed by atoms with Crippen LogP contribution in [0.1, 0.15) is 47.5 Å². The van der Waals surface area contributed by atoms with Gasteiger partial charge in [0.05, 0.1) is 18.3 Å². The van der Waals surface area contributed by atoms with Gasteiger partial charge in [0.1, 0.15) is 0 Å². The van der Waals surface area contributed by atoms with Gasteiger partial charge in [0.15, 0.2) is 0 Å². The third-order valence-electron chi connectivity index (χ3n) is 5.32. The smallest absolute Gasteiger partial charge is 0.241 e. The Balaban J connectivity index is 2.12. The highest BCUT2D eigenvalue weighted by molar-refractivity contribution is 5.85. The van der Waals surface area contributed by atoms with Gasteiger partial charge in [-0.15, -0.1) is 0 Å². The first-order valence-corrected chi connectivity index (χ1v) is 7.45. The molecule has 1 aliphatic carbocycles. The zero-order valence-corrected chi connectivity index (χ0v) is 13.1. The van der Waals surface area contributed by atoms with Crippen LogP contribution in [0, 0.1) is 11.3 Å². The lowest BCUT2D eigenvalue weighted by molar-refractivity contribution is -0.162. The molecular weight excluding hydrogens is 240 g/mol. The fourth-order valence-electron chi connectivity index (χ4n) is 3.57. The minimum Gasteiger partial charge on any atom is -0.381 e. The van der Waals surface area contributed by atoms with E-state index in [1.54, 1.807) is 7.11 Å². The second-order valence-corrected chi connectivity index (χ2v) is 6.75. The van der Waals surface area contributed by atoms with E-state index in [4.69, 9.17) is 4.74 Å². The van der Waals surface area contributed by atoms with Crippen LogP contribution >= 0.6 is 0 Å². The summed E-state index contributed by atoms with van der Waals surface area (Å²) in [4.78, 5) is 14.7. The van der Waals surface area contributed by atoms with Crippen molar-refractivity contribution < 1.29 is 9.53 Å². The van der Waals surface area contributed by atoms with E-state index < -0.39 is 0 Å². The number of hydrogen-bond acceptors (Lipinski definition) is 3. The van der Waals surface area contributed by atoms with Crippen molar-refractivity contribution in [2.45, 2.75) is 71.8 Å². The summed E-state index contributed by atoms with van der Waals surface area (Å²) < 4.78 is 5.50. The largest absolute Gasteiger partial charge is 0.381 e. The molecular formula is C15H28N2O2. The van der Waals surface area contributed by atoms with Crippen molar-refractivity contribution in [1.29, 1.82) is 0 Å². The van der Waals surface area contributed by atoms with Gasteiger partial charge in [0.25, 0.3) is 0 Å². The number of carbonyl (C=O) groups is 1. The van der Waals surface area contributed by atoms with Crippen molar-refractivity contribution in [3.63, 3.8) is 0 Å². The van der Waals surface area contributed by atoms with E-state index in [1.165, 1.54) is 0 Å². The number of nitrogens with one attached hydrogen (secondary N) is 1. The molecule has 0 radical (unpaired) electrons. The Kier molecular flexibility index (Phi) is 3.94. The Bertz CT molecular complexity index is 356. The van der Waals surface area contributed by atoms with E-state index in [0.29, 0.717) is 12.0 Å². The summed E-state index contributed by atoms with van der Waals surface area (Å²) in [7, 11) is 1.76. The van der Waals surface area contributed by atoms with Crippen molar-refractivity contribution in [2.75, 3.05) is 7.11 Å². The molecule has 0 aromatic carbocycles. The van der Waals surface area contributed by atoms with E-state index in [0.717, 1.165) is 12.8 Å². The molecule has 5 atom stereocenters. The Labute approximate surface area is 116 Å².